The average Bonchev–Trinajstić information content (AvgIpc) is 2.35. The van der Waals surface area contributed by atoms with Gasteiger partial charge in [-0.1, -0.05) is 36.5 Å². The van der Waals surface area contributed by atoms with Crippen molar-refractivity contribution >= 4 is 55.1 Å². The summed E-state index contributed by atoms with van der Waals surface area (Å²) in [5.74, 6) is 0.597. The molecule has 0 saturated carbocycles. The predicted molar refractivity (Wildman–Crippen MR) is 86.9 cm³/mol. The molecule has 0 atom stereocenters. The Morgan fingerprint density at radius 1 is 1.16 bits per heavy atom. The van der Waals surface area contributed by atoms with Gasteiger partial charge in [-0.05, 0) is 56.5 Å². The monoisotopic (exact) mass is 422 g/mol. The third kappa shape index (κ3) is 3.48. The summed E-state index contributed by atoms with van der Waals surface area (Å²) in [7, 11) is 0. The van der Waals surface area contributed by atoms with Gasteiger partial charge in [-0.25, -0.2) is 9.97 Å². The number of rotatable bonds is 3. The highest BCUT2D eigenvalue weighted by Crippen LogP contribution is 2.32. The van der Waals surface area contributed by atoms with Crippen LogP contribution in [0.1, 0.15) is 19.0 Å². The lowest BCUT2D eigenvalue weighted by Crippen LogP contribution is -1.99. The number of aryl methyl sites for hydroxylation is 1. The van der Waals surface area contributed by atoms with Crippen LogP contribution in [0.25, 0.3) is 11.4 Å². The van der Waals surface area contributed by atoms with Gasteiger partial charge in [0.05, 0.1) is 10.2 Å². The maximum atomic E-state index is 6.15. The van der Waals surface area contributed by atoms with E-state index in [0.717, 1.165) is 33.0 Å². The Morgan fingerprint density at radius 2 is 1.89 bits per heavy atom. The highest BCUT2D eigenvalue weighted by molar-refractivity contribution is 9.11. The van der Waals surface area contributed by atoms with Gasteiger partial charge >= 0.3 is 0 Å². The van der Waals surface area contributed by atoms with Crippen LogP contribution in [0.5, 0.6) is 0 Å². The Morgan fingerprint density at radius 3 is 2.53 bits per heavy atom. The lowest BCUT2D eigenvalue weighted by molar-refractivity contribution is 0.868. The number of halogens is 4. The van der Waals surface area contributed by atoms with E-state index < -0.39 is 0 Å². The van der Waals surface area contributed by atoms with Gasteiger partial charge < -0.3 is 0 Å². The van der Waals surface area contributed by atoms with Crippen molar-refractivity contribution in [1.82, 2.24) is 9.97 Å². The molecule has 1 aromatic heterocycles. The molecule has 0 saturated heterocycles. The predicted octanol–water partition coefficient (Wildman–Crippen LogP) is 5.93. The van der Waals surface area contributed by atoms with Gasteiger partial charge in [0.1, 0.15) is 5.15 Å². The van der Waals surface area contributed by atoms with Crippen LogP contribution in [0.4, 0.5) is 0 Å². The molecule has 0 unspecified atom stereocenters. The molecule has 0 amide bonds. The van der Waals surface area contributed by atoms with Gasteiger partial charge in [-0.15, -0.1) is 0 Å². The Labute approximate surface area is 138 Å². The molecule has 1 aromatic carbocycles. The van der Waals surface area contributed by atoms with E-state index in [1.165, 1.54) is 0 Å². The van der Waals surface area contributed by atoms with Gasteiger partial charge in [0.25, 0.3) is 0 Å². The summed E-state index contributed by atoms with van der Waals surface area (Å²) in [4.78, 5) is 8.88. The first-order valence-corrected chi connectivity index (χ1v) is 8.04. The van der Waals surface area contributed by atoms with E-state index in [4.69, 9.17) is 23.2 Å². The Hall–Kier alpha value is -0.160. The fourth-order valence-electron chi connectivity index (χ4n) is 1.66. The summed E-state index contributed by atoms with van der Waals surface area (Å²) < 4.78 is 1.62. The Kier molecular flexibility index (Phi) is 5.23. The van der Waals surface area contributed by atoms with Crippen LogP contribution in [0, 0.1) is 0 Å². The second-order valence-corrected chi connectivity index (χ2v) is 6.41. The van der Waals surface area contributed by atoms with E-state index >= 15 is 0 Å². The van der Waals surface area contributed by atoms with Crippen molar-refractivity contribution in [3.05, 3.63) is 43.0 Å². The molecule has 1 heterocycles. The number of aromatic nitrogens is 2. The molecule has 2 aromatic rings. The maximum absolute atomic E-state index is 6.15. The fraction of sp³-hybridized carbons (Fsp3) is 0.231. The average molecular weight is 425 g/mol. The van der Waals surface area contributed by atoms with Crippen LogP contribution in [0.15, 0.2) is 27.1 Å². The third-order valence-corrected chi connectivity index (χ3v) is 4.76. The fourth-order valence-corrected chi connectivity index (χ4v) is 3.08. The zero-order valence-corrected chi connectivity index (χ0v) is 14.7. The molecule has 2 nitrogen and oxygen atoms in total. The molecule has 0 aliphatic heterocycles. The molecule has 6 heteroatoms. The van der Waals surface area contributed by atoms with Crippen LogP contribution in [0.3, 0.4) is 0 Å². The first-order valence-electron chi connectivity index (χ1n) is 5.70. The minimum Gasteiger partial charge on any atom is -0.232 e. The van der Waals surface area contributed by atoms with Crippen molar-refractivity contribution in [2.75, 3.05) is 0 Å². The molecule has 100 valence electrons. The second-order valence-electron chi connectivity index (χ2n) is 3.97. The van der Waals surface area contributed by atoms with Crippen LogP contribution in [-0.2, 0) is 6.42 Å². The summed E-state index contributed by atoms with van der Waals surface area (Å²) in [6.45, 7) is 2.10. The summed E-state index contributed by atoms with van der Waals surface area (Å²) in [6.07, 6.45) is 1.84. The van der Waals surface area contributed by atoms with Crippen LogP contribution >= 0.6 is 55.1 Å². The first kappa shape index (κ1) is 15.2. The summed E-state index contributed by atoms with van der Waals surface area (Å²) >= 11 is 19.0. The minimum atomic E-state index is 0.426. The molecule has 0 N–H and O–H groups in total. The first-order chi connectivity index (χ1) is 9.02. The molecular formula is C13H10Br2Cl2N2. The highest BCUT2D eigenvalue weighted by Gasteiger charge is 2.13. The van der Waals surface area contributed by atoms with Gasteiger partial charge in [0.2, 0.25) is 0 Å². The van der Waals surface area contributed by atoms with Crippen LogP contribution in [0.2, 0.25) is 10.2 Å². The molecule has 0 bridgehead atoms. The molecule has 0 aliphatic rings. The number of nitrogens with zero attached hydrogens (tertiary/aromatic N) is 2. The molecule has 0 aliphatic carbocycles. The van der Waals surface area contributed by atoms with Gasteiger partial charge in [0.15, 0.2) is 5.82 Å². The maximum Gasteiger partial charge on any atom is 0.162 e. The van der Waals surface area contributed by atoms with Gasteiger partial charge in [-0.2, -0.15) is 0 Å². The lowest BCUT2D eigenvalue weighted by atomic mass is 10.2. The van der Waals surface area contributed by atoms with E-state index in [9.17, 15) is 0 Å². The largest absolute Gasteiger partial charge is 0.232 e. The Balaban J connectivity index is 2.56. The van der Waals surface area contributed by atoms with Crippen LogP contribution in [-0.4, -0.2) is 9.97 Å². The highest BCUT2D eigenvalue weighted by atomic mass is 79.9. The SMILES string of the molecule is CCCc1nc(-c2ccc(Cl)cc2Br)nc(Cl)c1Br. The molecule has 0 radical (unpaired) electrons. The van der Waals surface area contributed by atoms with Crippen molar-refractivity contribution < 1.29 is 0 Å². The van der Waals surface area contributed by atoms with Crippen molar-refractivity contribution in [3.8, 4) is 11.4 Å². The number of benzene rings is 1. The Bertz CT molecular complexity index is 618. The topological polar surface area (TPSA) is 25.8 Å². The van der Waals surface area contributed by atoms with Gasteiger partial charge in [0, 0.05) is 15.1 Å². The molecular weight excluding hydrogens is 415 g/mol. The van der Waals surface area contributed by atoms with E-state index in [-0.39, 0.29) is 0 Å². The summed E-state index contributed by atoms with van der Waals surface area (Å²) in [5, 5.41) is 1.09. The smallest absolute Gasteiger partial charge is 0.162 e. The molecule has 0 fully saturated rings. The number of hydrogen-bond acceptors (Lipinski definition) is 2. The van der Waals surface area contributed by atoms with Gasteiger partial charge in [-0.3, -0.25) is 0 Å². The molecule has 2 rings (SSSR count). The van der Waals surface area contributed by atoms with E-state index in [0.29, 0.717) is 16.0 Å². The summed E-state index contributed by atoms with van der Waals surface area (Å²) in [5.41, 5.74) is 1.79. The van der Waals surface area contributed by atoms with Crippen molar-refractivity contribution in [2.24, 2.45) is 0 Å². The quantitative estimate of drug-likeness (QED) is 0.571. The zero-order chi connectivity index (χ0) is 14.0. The second kappa shape index (κ2) is 6.53. The summed E-state index contributed by atoms with van der Waals surface area (Å²) in [6, 6.07) is 5.50. The minimum absolute atomic E-state index is 0.426. The molecule has 19 heavy (non-hydrogen) atoms. The van der Waals surface area contributed by atoms with E-state index in [1.807, 2.05) is 12.1 Å². The number of hydrogen-bond donors (Lipinski definition) is 0. The van der Waals surface area contributed by atoms with Crippen LogP contribution < -0.4 is 0 Å². The van der Waals surface area contributed by atoms with E-state index in [1.54, 1.807) is 6.07 Å². The standard InChI is InChI=1S/C13H10Br2Cl2N2/c1-2-3-10-11(15)12(17)19-13(18-10)8-5-4-7(16)6-9(8)14/h4-6H,2-3H2,1H3. The van der Waals surface area contributed by atoms with E-state index in [2.05, 4.69) is 48.8 Å². The normalized spacial score (nSPS) is 10.8. The third-order valence-electron chi connectivity index (χ3n) is 2.54. The molecule has 0 spiro atoms. The van der Waals surface area contributed by atoms with Crippen molar-refractivity contribution in [2.45, 2.75) is 19.8 Å². The lowest BCUT2D eigenvalue weighted by Gasteiger charge is -2.09. The van der Waals surface area contributed by atoms with Crippen molar-refractivity contribution in [3.63, 3.8) is 0 Å². The van der Waals surface area contributed by atoms with Crippen molar-refractivity contribution in [1.29, 1.82) is 0 Å². The zero-order valence-electron chi connectivity index (χ0n) is 10.1.